The van der Waals surface area contributed by atoms with Crippen molar-refractivity contribution < 1.29 is 22.7 Å². The predicted octanol–water partition coefficient (Wildman–Crippen LogP) is 5.82. The minimum Gasteiger partial charge on any atom is -0.477 e. The molecule has 0 saturated carbocycles. The first kappa shape index (κ1) is 20.1. The van der Waals surface area contributed by atoms with Crippen molar-refractivity contribution in [1.29, 1.82) is 0 Å². The van der Waals surface area contributed by atoms with Crippen LogP contribution in [0, 0.1) is 6.92 Å². The van der Waals surface area contributed by atoms with E-state index < -0.39 is 20.6 Å². The third kappa shape index (κ3) is 5.20. The second-order valence-corrected chi connectivity index (χ2v) is 7.63. The average Bonchev–Trinajstić information content (AvgIpc) is 2.67. The van der Waals surface area contributed by atoms with Gasteiger partial charge in [0.1, 0.15) is 5.75 Å². The van der Waals surface area contributed by atoms with Crippen LogP contribution in [0.15, 0.2) is 78.9 Å². The zero-order valence-electron chi connectivity index (χ0n) is 15.0. The number of aryl methyl sites for hydroxylation is 1. The largest absolute Gasteiger partial charge is 0.477 e. The lowest BCUT2D eigenvalue weighted by atomic mass is 9.96. The molecule has 6 heteroatoms. The number of halogens is 3. The first-order valence-corrected chi connectivity index (χ1v) is 9.60. The molecule has 0 spiro atoms. The van der Waals surface area contributed by atoms with Crippen LogP contribution in [0.4, 0.5) is 13.2 Å². The molecule has 0 N–H and O–H groups in total. The van der Waals surface area contributed by atoms with E-state index in [4.69, 9.17) is 4.74 Å². The number of ketones is 1. The van der Waals surface area contributed by atoms with Crippen LogP contribution < -0.4 is 10.0 Å². The predicted molar refractivity (Wildman–Crippen MR) is 106 cm³/mol. The van der Waals surface area contributed by atoms with Gasteiger partial charge in [-0.25, -0.2) is 0 Å². The van der Waals surface area contributed by atoms with Crippen molar-refractivity contribution in [1.82, 2.24) is 0 Å². The second kappa shape index (κ2) is 8.57. The Bertz CT molecular complexity index is 938. The van der Waals surface area contributed by atoms with Crippen molar-refractivity contribution in [2.75, 3.05) is 0 Å². The Labute approximate surface area is 163 Å². The van der Waals surface area contributed by atoms with E-state index in [0.717, 1.165) is 11.1 Å². The molecule has 0 aliphatic carbocycles. The van der Waals surface area contributed by atoms with Gasteiger partial charge >= 0.3 is 5.92 Å². The molecule has 2 unspecified atom stereocenters. The highest BCUT2D eigenvalue weighted by Gasteiger charge is 2.28. The Morgan fingerprint density at radius 3 is 2.11 bits per heavy atom. The summed E-state index contributed by atoms with van der Waals surface area (Å²) >= 11 is 0. The molecular weight excluding hydrogens is 384 g/mol. The van der Waals surface area contributed by atoms with Crippen LogP contribution in [0.3, 0.4) is 0 Å². The SMILES string of the molecule is Cc1ccccc1C(Oc1ccc(PC(F)(F)F)cc1)C(=O)c1ccccc1. The van der Waals surface area contributed by atoms with Gasteiger partial charge in [0.15, 0.2) is 6.10 Å². The zero-order valence-corrected chi connectivity index (χ0v) is 16.0. The molecule has 0 bridgehead atoms. The quantitative estimate of drug-likeness (QED) is 0.384. The van der Waals surface area contributed by atoms with Crippen LogP contribution in [0.2, 0.25) is 0 Å². The Morgan fingerprint density at radius 1 is 0.893 bits per heavy atom. The average molecular weight is 402 g/mol. The summed E-state index contributed by atoms with van der Waals surface area (Å²) in [5.41, 5.74) is 2.12. The fraction of sp³-hybridized carbons (Fsp3) is 0.136. The number of rotatable bonds is 6. The lowest BCUT2D eigenvalue weighted by Gasteiger charge is -2.20. The number of benzene rings is 3. The maximum atomic E-state index is 13.1. The molecule has 3 aromatic rings. The van der Waals surface area contributed by atoms with Gasteiger partial charge in [0.2, 0.25) is 5.78 Å². The smallest absolute Gasteiger partial charge is 0.406 e. The Kier molecular flexibility index (Phi) is 6.15. The van der Waals surface area contributed by atoms with E-state index in [9.17, 15) is 18.0 Å². The summed E-state index contributed by atoms with van der Waals surface area (Å²) in [6.45, 7) is 1.89. The van der Waals surface area contributed by atoms with Crippen molar-refractivity contribution in [3.63, 3.8) is 0 Å². The number of Topliss-reactive ketones (excluding diaryl/α,β-unsaturated/α-hetero) is 1. The van der Waals surface area contributed by atoms with Gasteiger partial charge in [-0.15, -0.1) is 0 Å². The van der Waals surface area contributed by atoms with Crippen molar-refractivity contribution in [2.24, 2.45) is 0 Å². The van der Waals surface area contributed by atoms with Gasteiger partial charge in [0.25, 0.3) is 0 Å². The van der Waals surface area contributed by atoms with Gasteiger partial charge in [-0.1, -0.05) is 66.7 Å². The summed E-state index contributed by atoms with van der Waals surface area (Å²) in [6, 6.07) is 21.9. The molecule has 0 amide bonds. The first-order chi connectivity index (χ1) is 13.3. The van der Waals surface area contributed by atoms with Crippen LogP contribution >= 0.6 is 8.58 Å². The van der Waals surface area contributed by atoms with Gasteiger partial charge in [-0.05, 0) is 29.9 Å². The molecule has 2 atom stereocenters. The van der Waals surface area contributed by atoms with Crippen molar-refractivity contribution >= 4 is 19.7 Å². The molecule has 0 aromatic heterocycles. The maximum absolute atomic E-state index is 13.1. The Balaban J connectivity index is 1.90. The number of hydrogen-bond donors (Lipinski definition) is 0. The zero-order chi connectivity index (χ0) is 20.1. The summed E-state index contributed by atoms with van der Waals surface area (Å²) in [4.78, 5) is 13.1. The highest BCUT2D eigenvalue weighted by Crippen LogP contribution is 2.36. The van der Waals surface area contributed by atoms with E-state index in [-0.39, 0.29) is 11.1 Å². The van der Waals surface area contributed by atoms with Crippen LogP contribution in [0.25, 0.3) is 0 Å². The first-order valence-electron chi connectivity index (χ1n) is 8.60. The van der Waals surface area contributed by atoms with E-state index in [1.807, 2.05) is 37.3 Å². The summed E-state index contributed by atoms with van der Waals surface area (Å²) in [5.74, 6) is -4.11. The number of ether oxygens (including phenoxy) is 1. The lowest BCUT2D eigenvalue weighted by Crippen LogP contribution is -2.20. The molecule has 3 aromatic carbocycles. The van der Waals surface area contributed by atoms with Gasteiger partial charge in [-0.3, -0.25) is 4.79 Å². The summed E-state index contributed by atoms with van der Waals surface area (Å²) in [6.07, 6.45) is -0.889. The summed E-state index contributed by atoms with van der Waals surface area (Å²) in [5, 5.41) is 0.168. The molecule has 144 valence electrons. The lowest BCUT2D eigenvalue weighted by molar-refractivity contribution is -0.0359. The summed E-state index contributed by atoms with van der Waals surface area (Å²) in [7, 11) is -1.27. The number of carbonyl (C=O) groups excluding carboxylic acids is 1. The number of hydrogen-bond acceptors (Lipinski definition) is 2. The van der Waals surface area contributed by atoms with Crippen LogP contribution in [-0.4, -0.2) is 11.7 Å². The van der Waals surface area contributed by atoms with Crippen LogP contribution in [0.1, 0.15) is 27.6 Å². The van der Waals surface area contributed by atoms with Gasteiger partial charge in [-0.2, -0.15) is 13.2 Å². The topological polar surface area (TPSA) is 26.3 Å². The molecule has 0 heterocycles. The molecule has 28 heavy (non-hydrogen) atoms. The van der Waals surface area contributed by atoms with E-state index in [0.29, 0.717) is 11.3 Å². The molecular formula is C22H18F3O2P. The third-order valence-corrected chi connectivity index (χ3v) is 5.07. The third-order valence-electron chi connectivity index (χ3n) is 4.16. The molecule has 0 radical (unpaired) electrons. The maximum Gasteiger partial charge on any atom is 0.406 e. The highest BCUT2D eigenvalue weighted by atomic mass is 31.1. The van der Waals surface area contributed by atoms with Gasteiger partial charge in [0, 0.05) is 19.7 Å². The Morgan fingerprint density at radius 2 is 1.50 bits per heavy atom. The van der Waals surface area contributed by atoms with Crippen molar-refractivity contribution in [2.45, 2.75) is 18.9 Å². The van der Waals surface area contributed by atoms with Crippen LogP contribution in [-0.2, 0) is 0 Å². The van der Waals surface area contributed by atoms with Crippen LogP contribution in [0.5, 0.6) is 5.75 Å². The highest BCUT2D eigenvalue weighted by molar-refractivity contribution is 7.48. The van der Waals surface area contributed by atoms with E-state index >= 15 is 0 Å². The van der Waals surface area contributed by atoms with Gasteiger partial charge in [0.05, 0.1) is 0 Å². The molecule has 2 nitrogen and oxygen atoms in total. The molecule has 0 fully saturated rings. The standard InChI is InChI=1S/C22H18F3O2P/c1-15-7-5-6-10-19(15)21(20(26)16-8-3-2-4-9-16)27-17-11-13-18(14-12-17)28-22(23,24)25/h2-14,21,28H,1H3. The van der Waals surface area contributed by atoms with E-state index in [1.165, 1.54) is 24.3 Å². The number of alkyl halides is 3. The molecule has 0 aliphatic rings. The van der Waals surface area contributed by atoms with E-state index in [2.05, 4.69) is 0 Å². The minimum atomic E-state index is -4.24. The Hall–Kier alpha value is -2.65. The normalized spacial score (nSPS) is 12.9. The van der Waals surface area contributed by atoms with Crippen molar-refractivity contribution in [3.8, 4) is 5.75 Å². The van der Waals surface area contributed by atoms with E-state index in [1.54, 1.807) is 24.3 Å². The van der Waals surface area contributed by atoms with Crippen molar-refractivity contribution in [3.05, 3.63) is 95.6 Å². The molecule has 0 aliphatic heterocycles. The minimum absolute atomic E-state index is 0.168. The number of carbonyl (C=O) groups is 1. The fourth-order valence-corrected chi connectivity index (χ4v) is 3.47. The summed E-state index contributed by atoms with van der Waals surface area (Å²) < 4.78 is 43.6. The molecule has 3 rings (SSSR count). The monoisotopic (exact) mass is 402 g/mol. The van der Waals surface area contributed by atoms with Gasteiger partial charge < -0.3 is 4.74 Å². The fourth-order valence-electron chi connectivity index (χ4n) is 2.81. The molecule has 0 saturated heterocycles. The second-order valence-electron chi connectivity index (χ2n) is 6.23.